The number of hydrogen-bond donors (Lipinski definition) is 0. The van der Waals surface area contributed by atoms with Crippen molar-refractivity contribution in [1.82, 2.24) is 0 Å². The van der Waals surface area contributed by atoms with Gasteiger partial charge < -0.3 is 0 Å². The second-order valence-corrected chi connectivity index (χ2v) is 13.0. The minimum Gasteiger partial charge on any atom is -0.258 e. The Morgan fingerprint density at radius 1 is 0.561 bits per heavy atom. The third kappa shape index (κ3) is 7.63. The molecule has 0 N–H and O–H groups in total. The standard InChI is InChI=1S/C30H22Br2N2O6S/c31-25-11-1-21(2-12-25)5-19-29(23-7-15-27(16-8-23)33(35)36)41(39,40)30(20-6-22-3-13-26(32)14-4-22)24-9-17-28(18-10-24)34(37)38/h1-20,29-30H. The molecule has 0 aliphatic heterocycles. The van der Waals surface area contributed by atoms with Crippen molar-refractivity contribution in [3.63, 3.8) is 0 Å². The maximum Gasteiger partial charge on any atom is 0.269 e. The van der Waals surface area contributed by atoms with Gasteiger partial charge in [0.05, 0.1) is 9.85 Å². The first-order valence-corrected chi connectivity index (χ1v) is 15.3. The average Bonchev–Trinajstić information content (AvgIpc) is 2.95. The number of rotatable bonds is 10. The fourth-order valence-electron chi connectivity index (χ4n) is 4.09. The minimum atomic E-state index is -4.12. The van der Waals surface area contributed by atoms with Gasteiger partial charge in [0, 0.05) is 33.2 Å². The van der Waals surface area contributed by atoms with Crippen LogP contribution in [0.15, 0.2) is 118 Å². The van der Waals surface area contributed by atoms with Crippen LogP contribution in [0.25, 0.3) is 12.2 Å². The van der Waals surface area contributed by atoms with Crippen molar-refractivity contribution in [3.8, 4) is 0 Å². The summed E-state index contributed by atoms with van der Waals surface area (Å²) >= 11 is 6.77. The smallest absolute Gasteiger partial charge is 0.258 e. The zero-order chi connectivity index (χ0) is 29.6. The lowest BCUT2D eigenvalue weighted by molar-refractivity contribution is -0.385. The van der Waals surface area contributed by atoms with Crippen LogP contribution in [0.3, 0.4) is 0 Å². The van der Waals surface area contributed by atoms with Gasteiger partial charge in [0.1, 0.15) is 10.5 Å². The molecule has 0 aromatic heterocycles. The molecular formula is C30H22Br2N2O6S. The van der Waals surface area contributed by atoms with Crippen molar-refractivity contribution in [2.45, 2.75) is 10.5 Å². The zero-order valence-corrected chi connectivity index (χ0v) is 25.2. The summed E-state index contributed by atoms with van der Waals surface area (Å²) in [5.74, 6) is 0. The molecule has 0 bridgehead atoms. The monoisotopic (exact) mass is 696 g/mol. The Bertz CT molecular complexity index is 1580. The third-order valence-corrected chi connectivity index (χ3v) is 9.57. The number of benzene rings is 4. The van der Waals surface area contributed by atoms with E-state index in [4.69, 9.17) is 0 Å². The molecule has 4 rings (SSSR count). The van der Waals surface area contributed by atoms with Gasteiger partial charge in [0.2, 0.25) is 0 Å². The Morgan fingerprint density at radius 3 is 1.17 bits per heavy atom. The van der Waals surface area contributed by atoms with E-state index in [1.54, 1.807) is 24.3 Å². The topological polar surface area (TPSA) is 120 Å². The molecule has 208 valence electrons. The Kier molecular flexibility index (Phi) is 9.64. The lowest BCUT2D eigenvalue weighted by Crippen LogP contribution is -2.19. The van der Waals surface area contributed by atoms with Crippen LogP contribution in [0.1, 0.15) is 32.8 Å². The minimum absolute atomic E-state index is 0.163. The van der Waals surface area contributed by atoms with Gasteiger partial charge in [0.15, 0.2) is 9.84 Å². The summed E-state index contributed by atoms with van der Waals surface area (Å²) in [6.07, 6.45) is 6.46. The first kappa shape index (κ1) is 30.0. The van der Waals surface area contributed by atoms with Gasteiger partial charge in [-0.2, -0.15) is 0 Å². The third-order valence-electron chi connectivity index (χ3n) is 6.24. The van der Waals surface area contributed by atoms with Crippen molar-refractivity contribution in [2.24, 2.45) is 0 Å². The molecule has 2 unspecified atom stereocenters. The molecule has 0 amide bonds. The maximum absolute atomic E-state index is 14.4. The van der Waals surface area contributed by atoms with Crippen molar-refractivity contribution >= 4 is 65.2 Å². The molecule has 8 nitrogen and oxygen atoms in total. The summed E-state index contributed by atoms with van der Waals surface area (Å²) in [5.41, 5.74) is 1.87. The Morgan fingerprint density at radius 2 is 0.878 bits per heavy atom. The molecule has 0 saturated carbocycles. The predicted molar refractivity (Wildman–Crippen MR) is 167 cm³/mol. The van der Waals surface area contributed by atoms with E-state index in [2.05, 4.69) is 31.9 Å². The van der Waals surface area contributed by atoms with Gasteiger partial charge in [-0.1, -0.05) is 105 Å². The SMILES string of the molecule is O=[N+]([O-])c1ccc(C(C=Cc2ccc(Br)cc2)S(=O)(=O)C(C=Cc2ccc(Br)cc2)c2ccc([N+](=O)[O-])cc2)cc1. The molecular weight excluding hydrogens is 676 g/mol. The largest absolute Gasteiger partial charge is 0.269 e. The Hall–Kier alpha value is -3.93. The van der Waals surface area contributed by atoms with E-state index in [0.29, 0.717) is 11.1 Å². The molecule has 0 radical (unpaired) electrons. The van der Waals surface area contributed by atoms with Crippen LogP contribution in [0.4, 0.5) is 11.4 Å². The van der Waals surface area contributed by atoms with Crippen LogP contribution in [-0.4, -0.2) is 18.3 Å². The molecule has 0 aliphatic rings. The summed E-state index contributed by atoms with van der Waals surface area (Å²) < 4.78 is 30.6. The molecule has 0 fully saturated rings. The van der Waals surface area contributed by atoms with Crippen molar-refractivity contribution in [3.05, 3.63) is 161 Å². The number of nitro benzene ring substituents is 2. The molecule has 41 heavy (non-hydrogen) atoms. The van der Waals surface area contributed by atoms with E-state index in [1.165, 1.54) is 48.5 Å². The summed E-state index contributed by atoms with van der Waals surface area (Å²) in [6.45, 7) is 0. The van der Waals surface area contributed by atoms with Crippen LogP contribution >= 0.6 is 31.9 Å². The fraction of sp³-hybridized carbons (Fsp3) is 0.0667. The molecule has 2 atom stereocenters. The van der Waals surface area contributed by atoms with E-state index >= 15 is 0 Å². The second kappa shape index (κ2) is 13.2. The second-order valence-electron chi connectivity index (χ2n) is 8.95. The Balaban J connectivity index is 1.84. The van der Waals surface area contributed by atoms with Gasteiger partial charge in [-0.25, -0.2) is 8.42 Å². The van der Waals surface area contributed by atoms with Crippen LogP contribution < -0.4 is 0 Å². The number of sulfone groups is 1. The lowest BCUT2D eigenvalue weighted by Gasteiger charge is -2.21. The highest BCUT2D eigenvalue weighted by Crippen LogP contribution is 2.38. The van der Waals surface area contributed by atoms with E-state index in [-0.39, 0.29) is 11.4 Å². The molecule has 0 saturated heterocycles. The number of non-ortho nitro benzene ring substituents is 2. The summed E-state index contributed by atoms with van der Waals surface area (Å²) in [7, 11) is -4.12. The highest BCUT2D eigenvalue weighted by atomic mass is 79.9. The lowest BCUT2D eigenvalue weighted by atomic mass is 10.1. The summed E-state index contributed by atoms with van der Waals surface area (Å²) in [6, 6.07) is 25.4. The van der Waals surface area contributed by atoms with E-state index in [9.17, 15) is 28.6 Å². The molecule has 0 aliphatic carbocycles. The fourth-order valence-corrected chi connectivity index (χ4v) is 6.61. The van der Waals surface area contributed by atoms with Crippen molar-refractivity contribution in [2.75, 3.05) is 0 Å². The van der Waals surface area contributed by atoms with E-state index in [1.807, 2.05) is 48.5 Å². The van der Waals surface area contributed by atoms with Crippen LogP contribution in [0.5, 0.6) is 0 Å². The quantitative estimate of drug-likeness (QED) is 0.121. The van der Waals surface area contributed by atoms with E-state index < -0.39 is 30.2 Å². The zero-order valence-electron chi connectivity index (χ0n) is 21.2. The van der Waals surface area contributed by atoms with Gasteiger partial charge in [-0.05, 0) is 46.5 Å². The average molecular weight is 698 g/mol. The highest BCUT2D eigenvalue weighted by molar-refractivity contribution is 9.10. The molecule has 4 aromatic rings. The number of nitro groups is 2. The predicted octanol–water partition coefficient (Wildman–Crippen LogP) is 8.65. The van der Waals surface area contributed by atoms with Crippen molar-refractivity contribution in [1.29, 1.82) is 0 Å². The van der Waals surface area contributed by atoms with Gasteiger partial charge >= 0.3 is 0 Å². The van der Waals surface area contributed by atoms with Crippen LogP contribution in [0, 0.1) is 20.2 Å². The summed E-state index contributed by atoms with van der Waals surface area (Å²) in [4.78, 5) is 21.4. The van der Waals surface area contributed by atoms with E-state index in [0.717, 1.165) is 20.1 Å². The Labute approximate surface area is 253 Å². The number of halogens is 2. The first-order chi connectivity index (χ1) is 19.5. The number of nitrogens with zero attached hydrogens (tertiary/aromatic N) is 2. The first-order valence-electron chi connectivity index (χ1n) is 12.1. The normalized spacial score (nSPS) is 13.3. The summed E-state index contributed by atoms with van der Waals surface area (Å²) in [5, 5.41) is 20.1. The van der Waals surface area contributed by atoms with Crippen molar-refractivity contribution < 1.29 is 18.3 Å². The highest BCUT2D eigenvalue weighted by Gasteiger charge is 2.34. The van der Waals surface area contributed by atoms with Gasteiger partial charge in [-0.3, -0.25) is 20.2 Å². The maximum atomic E-state index is 14.4. The van der Waals surface area contributed by atoms with Crippen LogP contribution in [0.2, 0.25) is 0 Å². The van der Waals surface area contributed by atoms with Crippen LogP contribution in [-0.2, 0) is 9.84 Å². The number of hydrogen-bond acceptors (Lipinski definition) is 6. The van der Waals surface area contributed by atoms with Gasteiger partial charge in [-0.15, -0.1) is 0 Å². The molecule has 11 heteroatoms. The molecule has 0 heterocycles. The van der Waals surface area contributed by atoms with Gasteiger partial charge in [0.25, 0.3) is 11.4 Å². The molecule has 0 spiro atoms. The molecule has 4 aromatic carbocycles.